The van der Waals surface area contributed by atoms with Gasteiger partial charge in [0, 0.05) is 31.7 Å². The molecule has 29 heavy (non-hydrogen) atoms. The zero-order valence-electron chi connectivity index (χ0n) is 16.0. The number of benzene rings is 2. The van der Waals surface area contributed by atoms with E-state index in [1.54, 1.807) is 30.3 Å². The predicted molar refractivity (Wildman–Crippen MR) is 118 cm³/mol. The van der Waals surface area contributed by atoms with Crippen molar-refractivity contribution >= 4 is 40.5 Å². The van der Waals surface area contributed by atoms with Crippen LogP contribution in [0, 0.1) is 0 Å². The molecule has 0 spiro atoms. The number of anilines is 2. The van der Waals surface area contributed by atoms with Crippen LogP contribution in [-0.2, 0) is 0 Å². The lowest BCUT2D eigenvalue weighted by Crippen LogP contribution is -2.44. The van der Waals surface area contributed by atoms with Crippen LogP contribution in [0.15, 0.2) is 59.0 Å². The predicted octanol–water partition coefficient (Wildman–Crippen LogP) is 5.26. The van der Waals surface area contributed by atoms with Crippen LogP contribution in [0.5, 0.6) is 0 Å². The molecule has 1 aliphatic heterocycles. The Morgan fingerprint density at radius 3 is 2.52 bits per heavy atom. The normalized spacial score (nSPS) is 14.8. The molecule has 7 heteroatoms. The molecule has 2 heterocycles. The monoisotopic (exact) mass is 429 g/mol. The van der Waals surface area contributed by atoms with Gasteiger partial charge in [-0.3, -0.25) is 4.79 Å². The molecule has 4 rings (SSSR count). The lowest BCUT2D eigenvalue weighted by Gasteiger charge is -2.35. The quantitative estimate of drug-likeness (QED) is 0.614. The van der Waals surface area contributed by atoms with Crippen LogP contribution in [0.25, 0.3) is 11.3 Å². The van der Waals surface area contributed by atoms with Gasteiger partial charge in [0.25, 0.3) is 5.91 Å². The molecule has 0 radical (unpaired) electrons. The summed E-state index contributed by atoms with van der Waals surface area (Å²) in [5.74, 6) is 0.398. The van der Waals surface area contributed by atoms with Gasteiger partial charge in [0.15, 0.2) is 5.76 Å². The van der Waals surface area contributed by atoms with Crippen molar-refractivity contribution in [2.45, 2.75) is 0 Å². The molecule has 0 unspecified atom stereocenters. The van der Waals surface area contributed by atoms with Gasteiger partial charge in [-0.1, -0.05) is 41.4 Å². The first-order valence-electron chi connectivity index (χ1n) is 9.41. The highest BCUT2D eigenvalue weighted by Gasteiger charge is 2.20. The summed E-state index contributed by atoms with van der Waals surface area (Å²) in [5, 5.41) is 3.82. The van der Waals surface area contributed by atoms with Crippen molar-refractivity contribution in [3.05, 3.63) is 70.4 Å². The molecule has 1 amide bonds. The van der Waals surface area contributed by atoms with Crippen LogP contribution >= 0.6 is 23.2 Å². The maximum Gasteiger partial charge on any atom is 0.291 e. The number of nitrogens with zero attached hydrogens (tertiary/aromatic N) is 2. The summed E-state index contributed by atoms with van der Waals surface area (Å²) in [6, 6.07) is 16.5. The Morgan fingerprint density at radius 2 is 1.72 bits per heavy atom. The highest BCUT2D eigenvalue weighted by atomic mass is 35.5. The van der Waals surface area contributed by atoms with Gasteiger partial charge in [-0.2, -0.15) is 0 Å². The number of rotatable bonds is 4. The largest absolute Gasteiger partial charge is 0.451 e. The summed E-state index contributed by atoms with van der Waals surface area (Å²) in [6.07, 6.45) is 0. The second-order valence-corrected chi connectivity index (χ2v) is 7.81. The Bertz CT molecular complexity index is 1030. The molecule has 1 fully saturated rings. The van der Waals surface area contributed by atoms with Crippen LogP contribution < -0.4 is 10.2 Å². The second kappa shape index (κ2) is 8.49. The number of hydrogen-bond acceptors (Lipinski definition) is 4. The first-order valence-corrected chi connectivity index (χ1v) is 10.2. The number of piperazine rings is 1. The van der Waals surface area contributed by atoms with Crippen LogP contribution in [0.2, 0.25) is 10.0 Å². The number of halogens is 2. The number of carbonyl (C=O) groups is 1. The second-order valence-electron chi connectivity index (χ2n) is 7.03. The zero-order chi connectivity index (χ0) is 20.4. The average Bonchev–Trinajstić information content (AvgIpc) is 3.21. The smallest absolute Gasteiger partial charge is 0.291 e. The number of furan rings is 1. The average molecular weight is 430 g/mol. The zero-order valence-corrected chi connectivity index (χ0v) is 17.5. The number of amides is 1. The van der Waals surface area contributed by atoms with Crippen molar-refractivity contribution in [1.29, 1.82) is 0 Å². The van der Waals surface area contributed by atoms with E-state index in [1.807, 2.05) is 24.3 Å². The van der Waals surface area contributed by atoms with Crippen molar-refractivity contribution in [1.82, 2.24) is 4.90 Å². The molecule has 1 aromatic heterocycles. The van der Waals surface area contributed by atoms with Gasteiger partial charge in [-0.15, -0.1) is 0 Å². The molecule has 3 aromatic rings. The lowest BCUT2D eigenvalue weighted by molar-refractivity contribution is 0.0997. The van der Waals surface area contributed by atoms with Gasteiger partial charge >= 0.3 is 0 Å². The van der Waals surface area contributed by atoms with Gasteiger partial charge < -0.3 is 19.5 Å². The summed E-state index contributed by atoms with van der Waals surface area (Å²) in [7, 11) is 2.12. The van der Waals surface area contributed by atoms with Crippen LogP contribution in [0.4, 0.5) is 11.4 Å². The standard InChI is InChI=1S/C22H21Cl2N3O2/c1-26-11-13-27(14-12-26)18-8-3-2-7-17(18)25-22(28)20-10-9-19(29-20)15-5-4-6-16(23)21(15)24/h2-10H,11-14H2,1H3,(H,25,28). The molecule has 1 N–H and O–H groups in total. The van der Waals surface area contributed by atoms with Crippen molar-refractivity contribution in [2.24, 2.45) is 0 Å². The van der Waals surface area contributed by atoms with E-state index in [4.69, 9.17) is 27.6 Å². The Morgan fingerprint density at radius 1 is 0.966 bits per heavy atom. The Balaban J connectivity index is 1.54. The van der Waals surface area contributed by atoms with Crippen molar-refractivity contribution in [3.63, 3.8) is 0 Å². The first kappa shape index (κ1) is 19.8. The summed E-state index contributed by atoms with van der Waals surface area (Å²) >= 11 is 12.3. The highest BCUT2D eigenvalue weighted by molar-refractivity contribution is 6.43. The Labute approximate surface area is 179 Å². The fourth-order valence-electron chi connectivity index (χ4n) is 3.39. The molecule has 0 bridgehead atoms. The van der Waals surface area contributed by atoms with Gasteiger partial charge in [0.05, 0.1) is 21.4 Å². The van der Waals surface area contributed by atoms with E-state index in [1.165, 1.54) is 0 Å². The molecule has 1 aliphatic rings. The maximum atomic E-state index is 12.8. The summed E-state index contributed by atoms with van der Waals surface area (Å²) < 4.78 is 5.76. The molecular formula is C22H21Cl2N3O2. The minimum Gasteiger partial charge on any atom is -0.451 e. The van der Waals surface area contributed by atoms with Gasteiger partial charge in [0.1, 0.15) is 5.76 Å². The number of para-hydroxylation sites is 2. The fraction of sp³-hybridized carbons (Fsp3) is 0.227. The molecule has 5 nitrogen and oxygen atoms in total. The highest BCUT2D eigenvalue weighted by Crippen LogP contribution is 2.34. The lowest BCUT2D eigenvalue weighted by atomic mass is 10.2. The van der Waals surface area contributed by atoms with Crippen LogP contribution in [0.3, 0.4) is 0 Å². The minimum absolute atomic E-state index is 0.212. The Kier molecular flexibility index (Phi) is 5.81. The summed E-state index contributed by atoms with van der Waals surface area (Å²) in [4.78, 5) is 17.4. The van der Waals surface area contributed by atoms with E-state index < -0.39 is 0 Å². The minimum atomic E-state index is -0.309. The fourth-order valence-corrected chi connectivity index (χ4v) is 3.78. The number of likely N-dealkylation sites (N-methyl/N-ethyl adjacent to an activating group) is 1. The van der Waals surface area contributed by atoms with Gasteiger partial charge in [-0.25, -0.2) is 0 Å². The molecule has 2 aromatic carbocycles. The molecule has 150 valence electrons. The third-order valence-corrected chi connectivity index (χ3v) is 5.86. The number of hydrogen-bond donors (Lipinski definition) is 1. The van der Waals surface area contributed by atoms with Crippen molar-refractivity contribution in [3.8, 4) is 11.3 Å². The molecule has 1 saturated heterocycles. The van der Waals surface area contributed by atoms with Crippen molar-refractivity contribution in [2.75, 3.05) is 43.4 Å². The van der Waals surface area contributed by atoms with Crippen LogP contribution in [-0.4, -0.2) is 44.0 Å². The Hall–Kier alpha value is -2.47. The van der Waals surface area contributed by atoms with E-state index in [0.29, 0.717) is 21.4 Å². The first-order chi connectivity index (χ1) is 14.0. The molecule has 0 aliphatic carbocycles. The summed E-state index contributed by atoms with van der Waals surface area (Å²) in [5.41, 5.74) is 2.43. The summed E-state index contributed by atoms with van der Waals surface area (Å²) in [6.45, 7) is 3.82. The molecular weight excluding hydrogens is 409 g/mol. The molecule has 0 saturated carbocycles. The topological polar surface area (TPSA) is 48.7 Å². The third kappa shape index (κ3) is 4.27. The van der Waals surface area contributed by atoms with E-state index in [-0.39, 0.29) is 11.7 Å². The number of nitrogens with one attached hydrogen (secondary N) is 1. The van der Waals surface area contributed by atoms with Crippen molar-refractivity contribution < 1.29 is 9.21 Å². The van der Waals surface area contributed by atoms with Gasteiger partial charge in [-0.05, 0) is 43.4 Å². The van der Waals surface area contributed by atoms with E-state index in [2.05, 4.69) is 22.2 Å². The van der Waals surface area contributed by atoms with E-state index >= 15 is 0 Å². The van der Waals surface area contributed by atoms with Crippen LogP contribution in [0.1, 0.15) is 10.6 Å². The maximum absolute atomic E-state index is 12.8. The third-order valence-electron chi connectivity index (χ3n) is 5.04. The SMILES string of the molecule is CN1CCN(c2ccccc2NC(=O)c2ccc(-c3cccc(Cl)c3Cl)o2)CC1. The molecule has 0 atom stereocenters. The van der Waals surface area contributed by atoms with E-state index in [9.17, 15) is 4.79 Å². The number of carbonyl (C=O) groups excluding carboxylic acids is 1. The van der Waals surface area contributed by atoms with E-state index in [0.717, 1.165) is 37.6 Å². The van der Waals surface area contributed by atoms with Gasteiger partial charge in [0.2, 0.25) is 0 Å².